The van der Waals surface area contributed by atoms with E-state index in [4.69, 9.17) is 48.6 Å². The van der Waals surface area contributed by atoms with Crippen LogP contribution in [0.4, 0.5) is 0 Å². The van der Waals surface area contributed by atoms with Crippen LogP contribution < -0.4 is 34.4 Å². The number of rotatable bonds is 22. The zero-order valence-electron chi connectivity index (χ0n) is 35.7. The lowest BCUT2D eigenvalue weighted by atomic mass is 9.43. The molecule has 57 heavy (non-hydrogen) atoms. The SMILES string of the molecule is C[C@H](CCCN(C)Cc1ccccc1)[C@H]1CCC2C3C(C[C@H](OCCCN=C(N)N)[C@@]21C)[C@@]1(C)CC[C@@H](OCCCN=C(N)N)CC1C[C@H]3OCCCN=C(N)N. The Morgan fingerprint density at radius 1 is 0.754 bits per heavy atom. The molecule has 4 aliphatic rings. The van der Waals surface area contributed by atoms with Crippen molar-refractivity contribution >= 4 is 17.9 Å². The summed E-state index contributed by atoms with van der Waals surface area (Å²) < 4.78 is 20.7. The Labute approximate surface area is 343 Å². The molecule has 12 N–H and O–H groups in total. The topological polar surface area (TPSA) is 224 Å². The minimum absolute atomic E-state index is 0.0471. The van der Waals surface area contributed by atoms with Crippen LogP contribution in [0.1, 0.15) is 103 Å². The van der Waals surface area contributed by atoms with Crippen molar-refractivity contribution in [2.75, 3.05) is 53.0 Å². The summed E-state index contributed by atoms with van der Waals surface area (Å²) in [4.78, 5) is 15.1. The fourth-order valence-corrected chi connectivity index (χ4v) is 12.0. The second kappa shape index (κ2) is 21.2. The molecule has 11 atom stereocenters. The van der Waals surface area contributed by atoms with E-state index in [1.807, 2.05) is 0 Å². The van der Waals surface area contributed by atoms with E-state index < -0.39 is 0 Å². The van der Waals surface area contributed by atoms with E-state index in [-0.39, 0.29) is 47.0 Å². The zero-order chi connectivity index (χ0) is 41.0. The van der Waals surface area contributed by atoms with Crippen molar-refractivity contribution in [3.05, 3.63) is 35.9 Å². The Morgan fingerprint density at radius 3 is 2.00 bits per heavy atom. The molecule has 0 aliphatic heterocycles. The highest BCUT2D eigenvalue weighted by atomic mass is 16.5. The summed E-state index contributed by atoms with van der Waals surface area (Å²) >= 11 is 0. The van der Waals surface area contributed by atoms with Gasteiger partial charge in [0.05, 0.1) is 18.3 Å². The molecule has 0 saturated heterocycles. The molecular weight excluding hydrogens is 717 g/mol. The van der Waals surface area contributed by atoms with Gasteiger partial charge >= 0.3 is 0 Å². The molecule has 4 aliphatic carbocycles. The second-order valence-corrected chi connectivity index (χ2v) is 18.4. The molecule has 0 bridgehead atoms. The molecule has 1 aromatic rings. The van der Waals surface area contributed by atoms with Crippen molar-refractivity contribution in [3.8, 4) is 0 Å². The van der Waals surface area contributed by atoms with Gasteiger partial charge in [0.25, 0.3) is 0 Å². The Hall–Kier alpha value is -3.13. The van der Waals surface area contributed by atoms with Gasteiger partial charge in [-0.1, -0.05) is 51.1 Å². The molecule has 0 amide bonds. The number of aliphatic imine (C=N–C) groups is 3. The van der Waals surface area contributed by atoms with Gasteiger partial charge in [0, 0.05) is 51.4 Å². The summed E-state index contributed by atoms with van der Waals surface area (Å²) in [6.45, 7) is 13.5. The highest BCUT2D eigenvalue weighted by Gasteiger charge is 2.66. The highest BCUT2D eigenvalue weighted by molar-refractivity contribution is 5.76. The molecule has 0 heterocycles. The molecule has 5 rings (SSSR count). The van der Waals surface area contributed by atoms with Crippen molar-refractivity contribution in [1.82, 2.24) is 4.90 Å². The second-order valence-electron chi connectivity index (χ2n) is 18.4. The predicted octanol–water partition coefficient (Wildman–Crippen LogP) is 4.56. The first-order valence-electron chi connectivity index (χ1n) is 22.1. The molecule has 4 fully saturated rings. The predicted molar refractivity (Wildman–Crippen MR) is 232 cm³/mol. The maximum absolute atomic E-state index is 7.14. The van der Waals surface area contributed by atoms with Gasteiger partial charge in [-0.15, -0.1) is 0 Å². The number of benzene rings is 1. The molecule has 13 nitrogen and oxygen atoms in total. The number of hydrogen-bond acceptors (Lipinski definition) is 7. The molecule has 4 saturated carbocycles. The van der Waals surface area contributed by atoms with E-state index >= 15 is 0 Å². The van der Waals surface area contributed by atoms with Crippen molar-refractivity contribution < 1.29 is 14.2 Å². The van der Waals surface area contributed by atoms with Crippen LogP contribution in [0, 0.1) is 46.3 Å². The lowest BCUT2D eigenvalue weighted by molar-refractivity contribution is -0.227. The van der Waals surface area contributed by atoms with Crippen LogP contribution >= 0.6 is 0 Å². The number of hydrogen-bond donors (Lipinski definition) is 6. The first kappa shape index (κ1) is 45.0. The van der Waals surface area contributed by atoms with E-state index in [1.165, 1.54) is 31.2 Å². The quantitative estimate of drug-likeness (QED) is 0.0545. The maximum Gasteiger partial charge on any atom is 0.185 e. The lowest BCUT2D eigenvalue weighted by Crippen LogP contribution is -2.63. The lowest BCUT2D eigenvalue weighted by Gasteiger charge is -2.65. The minimum Gasteiger partial charge on any atom is -0.378 e. The molecular formula is C44H78N10O3. The molecule has 13 heteroatoms. The minimum atomic E-state index is 0.0471. The Balaban J connectivity index is 1.35. The van der Waals surface area contributed by atoms with Crippen molar-refractivity contribution in [3.63, 3.8) is 0 Å². The number of nitrogens with two attached hydrogens (primary N) is 6. The molecule has 322 valence electrons. The van der Waals surface area contributed by atoms with Gasteiger partial charge in [-0.25, -0.2) is 0 Å². The molecule has 4 unspecified atom stereocenters. The number of guanidine groups is 3. The first-order chi connectivity index (χ1) is 27.3. The van der Waals surface area contributed by atoms with Crippen molar-refractivity contribution in [2.24, 2.45) is 95.7 Å². The Kier molecular flexibility index (Phi) is 16.7. The van der Waals surface area contributed by atoms with Crippen molar-refractivity contribution in [1.29, 1.82) is 0 Å². The van der Waals surface area contributed by atoms with Crippen LogP contribution in [0.25, 0.3) is 0 Å². The summed E-state index contributed by atoms with van der Waals surface area (Å²) in [5, 5.41) is 0. The fraction of sp³-hybridized carbons (Fsp3) is 0.795. The monoisotopic (exact) mass is 795 g/mol. The van der Waals surface area contributed by atoms with Gasteiger partial charge in [-0.05, 0) is 137 Å². The van der Waals surface area contributed by atoms with E-state index in [2.05, 4.69) is 78.0 Å². The third kappa shape index (κ3) is 11.8. The fourth-order valence-electron chi connectivity index (χ4n) is 12.0. The summed E-state index contributed by atoms with van der Waals surface area (Å²) in [5.74, 6) is 3.61. The van der Waals surface area contributed by atoms with E-state index in [0.717, 1.165) is 64.5 Å². The number of fused-ring (bicyclic) bond motifs is 5. The van der Waals surface area contributed by atoms with E-state index in [9.17, 15) is 0 Å². The summed E-state index contributed by atoms with van der Waals surface area (Å²) in [6.07, 6.45) is 13.3. The van der Waals surface area contributed by atoms with Crippen LogP contribution in [-0.4, -0.2) is 94.1 Å². The van der Waals surface area contributed by atoms with Gasteiger partial charge in [0.15, 0.2) is 17.9 Å². The largest absolute Gasteiger partial charge is 0.378 e. The van der Waals surface area contributed by atoms with Crippen molar-refractivity contribution in [2.45, 2.75) is 123 Å². The van der Waals surface area contributed by atoms with Gasteiger partial charge < -0.3 is 53.5 Å². The molecule has 0 aromatic heterocycles. The first-order valence-corrected chi connectivity index (χ1v) is 22.1. The van der Waals surface area contributed by atoms with Crippen LogP contribution in [-0.2, 0) is 20.8 Å². The summed E-state index contributed by atoms with van der Waals surface area (Å²) in [5.41, 5.74) is 35.4. The average molecular weight is 795 g/mol. The van der Waals surface area contributed by atoms with E-state index in [1.54, 1.807) is 0 Å². The standard InChI is InChI=1S/C44H78N10O3/c1-30(12-8-22-54(4)29-31-13-6-5-7-14-31)34-15-16-35-39-36(28-38(44(34,35)3)57-25-11-21-53-42(49)50)43(2)18-17-33(55-23-9-19-51-40(45)46)26-32(43)27-37(39)56-24-10-20-52-41(47)48/h5-7,13-14,30,32-39H,8-12,15-29H2,1-4H3,(H4,45,46,51)(H4,47,48,52)(H4,49,50,53)/t30-,32?,33-,34-,35?,36?,37-,38+,39?,43+,44-/m1/s1. The van der Waals surface area contributed by atoms with E-state index in [0.29, 0.717) is 75.0 Å². The summed E-state index contributed by atoms with van der Waals surface area (Å²) in [7, 11) is 2.25. The summed E-state index contributed by atoms with van der Waals surface area (Å²) in [6, 6.07) is 10.8. The third-order valence-corrected chi connectivity index (χ3v) is 14.7. The zero-order valence-corrected chi connectivity index (χ0v) is 35.7. The molecule has 1 aromatic carbocycles. The molecule has 0 spiro atoms. The number of ether oxygens (including phenoxy) is 3. The Morgan fingerprint density at radius 2 is 1.37 bits per heavy atom. The maximum atomic E-state index is 7.14. The van der Waals surface area contributed by atoms with Crippen LogP contribution in [0.2, 0.25) is 0 Å². The van der Waals surface area contributed by atoms with Crippen LogP contribution in [0.15, 0.2) is 45.3 Å². The average Bonchev–Trinajstić information content (AvgIpc) is 3.52. The highest BCUT2D eigenvalue weighted by Crippen LogP contribution is 2.69. The van der Waals surface area contributed by atoms with Crippen LogP contribution in [0.3, 0.4) is 0 Å². The van der Waals surface area contributed by atoms with Gasteiger partial charge in [-0.3, -0.25) is 15.0 Å². The molecule has 0 radical (unpaired) electrons. The van der Waals surface area contributed by atoms with Gasteiger partial charge in [0.1, 0.15) is 0 Å². The third-order valence-electron chi connectivity index (χ3n) is 14.7. The number of nitrogens with zero attached hydrogens (tertiary/aromatic N) is 4. The van der Waals surface area contributed by atoms with Gasteiger partial charge in [-0.2, -0.15) is 0 Å². The smallest absolute Gasteiger partial charge is 0.185 e. The Bertz CT molecular complexity index is 1450. The van der Waals surface area contributed by atoms with Crippen LogP contribution in [0.5, 0.6) is 0 Å². The van der Waals surface area contributed by atoms with Gasteiger partial charge in [0.2, 0.25) is 0 Å². The normalized spacial score (nSPS) is 32.4.